The number of fused-ring (bicyclic) bond motifs is 1. The molecule has 0 radical (unpaired) electrons. The summed E-state index contributed by atoms with van der Waals surface area (Å²) in [5.41, 5.74) is 0.983. The Balaban J connectivity index is 1.55. The van der Waals surface area contributed by atoms with Gasteiger partial charge in [-0.05, 0) is 37.1 Å². The van der Waals surface area contributed by atoms with E-state index in [0.717, 1.165) is 5.69 Å². The summed E-state index contributed by atoms with van der Waals surface area (Å²) in [6, 6.07) is 6.64. The molecule has 1 saturated carbocycles. The highest BCUT2D eigenvalue weighted by atomic mass is 19.1. The third-order valence-electron chi connectivity index (χ3n) is 4.85. The number of alkyl halides is 1. The van der Waals surface area contributed by atoms with E-state index in [4.69, 9.17) is 4.74 Å². The van der Waals surface area contributed by atoms with Crippen molar-refractivity contribution in [2.24, 2.45) is 5.92 Å². The van der Waals surface area contributed by atoms with Crippen molar-refractivity contribution in [3.63, 3.8) is 0 Å². The number of nitrogens with zero attached hydrogens (tertiary/aromatic N) is 3. The number of hydrogen-bond acceptors (Lipinski definition) is 3. The van der Waals surface area contributed by atoms with Gasteiger partial charge in [0.15, 0.2) is 5.82 Å². The van der Waals surface area contributed by atoms with Gasteiger partial charge in [0.1, 0.15) is 12.3 Å². The lowest BCUT2D eigenvalue weighted by Crippen LogP contribution is -2.45. The van der Waals surface area contributed by atoms with Crippen molar-refractivity contribution < 1.29 is 18.3 Å². The van der Waals surface area contributed by atoms with Crippen LogP contribution in [0.25, 0.3) is 0 Å². The van der Waals surface area contributed by atoms with E-state index in [1.54, 1.807) is 4.90 Å². The zero-order chi connectivity index (χ0) is 17.4. The second-order valence-electron chi connectivity index (χ2n) is 6.67. The van der Waals surface area contributed by atoms with Gasteiger partial charge in [-0.25, -0.2) is 13.8 Å². The minimum absolute atomic E-state index is 0.0568. The molecule has 25 heavy (non-hydrogen) atoms. The van der Waals surface area contributed by atoms with Crippen LogP contribution >= 0.6 is 0 Å². The molecule has 0 aromatic carbocycles. The summed E-state index contributed by atoms with van der Waals surface area (Å²) in [6.07, 6.45) is 2.65. The second kappa shape index (κ2) is 6.46. The summed E-state index contributed by atoms with van der Waals surface area (Å²) >= 11 is 0. The molecule has 2 aromatic heterocycles. The zero-order valence-electron chi connectivity index (χ0n) is 13.6. The van der Waals surface area contributed by atoms with Gasteiger partial charge in [0.2, 0.25) is 5.91 Å². The lowest BCUT2D eigenvalue weighted by Gasteiger charge is -2.34. The molecule has 1 fully saturated rings. The maximum atomic E-state index is 13.9. The Morgan fingerprint density at radius 3 is 2.84 bits per heavy atom. The zero-order valence-corrected chi connectivity index (χ0v) is 13.6. The van der Waals surface area contributed by atoms with Gasteiger partial charge in [0.05, 0.1) is 19.6 Å². The van der Waals surface area contributed by atoms with Crippen LogP contribution in [0.2, 0.25) is 0 Å². The van der Waals surface area contributed by atoms with E-state index < -0.39 is 18.1 Å². The molecule has 1 amide bonds. The highest BCUT2D eigenvalue weighted by Crippen LogP contribution is 2.32. The Labute approximate surface area is 144 Å². The first-order valence-electron chi connectivity index (χ1n) is 8.44. The molecule has 4 rings (SSSR count). The molecule has 2 aromatic rings. The summed E-state index contributed by atoms with van der Waals surface area (Å²) < 4.78 is 34.7. The molecule has 2 aliphatic rings. The van der Waals surface area contributed by atoms with Gasteiger partial charge in [-0.1, -0.05) is 0 Å². The molecule has 0 saturated heterocycles. The van der Waals surface area contributed by atoms with Crippen molar-refractivity contribution in [1.82, 2.24) is 14.5 Å². The van der Waals surface area contributed by atoms with Crippen LogP contribution in [0.1, 0.15) is 18.5 Å². The molecule has 3 heterocycles. The lowest BCUT2D eigenvalue weighted by atomic mass is 9.82. The van der Waals surface area contributed by atoms with E-state index >= 15 is 0 Å². The number of pyridine rings is 1. The average Bonchev–Trinajstić information content (AvgIpc) is 2.92. The highest BCUT2D eigenvalue weighted by Gasteiger charge is 2.38. The van der Waals surface area contributed by atoms with Crippen LogP contribution in [0.3, 0.4) is 0 Å². The van der Waals surface area contributed by atoms with Crippen molar-refractivity contribution in [3.8, 4) is 5.88 Å². The molecule has 1 atom stereocenters. The van der Waals surface area contributed by atoms with Crippen LogP contribution in [0, 0.1) is 11.7 Å². The topological polar surface area (TPSA) is 47.4 Å². The normalized spacial score (nSPS) is 25.7. The van der Waals surface area contributed by atoms with Crippen LogP contribution in [-0.2, 0) is 17.9 Å². The quantitative estimate of drug-likeness (QED) is 0.857. The van der Waals surface area contributed by atoms with Gasteiger partial charge in [-0.15, -0.1) is 0 Å². The summed E-state index contributed by atoms with van der Waals surface area (Å²) in [4.78, 5) is 18.3. The molecule has 1 aliphatic heterocycles. The summed E-state index contributed by atoms with van der Waals surface area (Å²) in [5.74, 6) is -0.915. The largest absolute Gasteiger partial charge is 0.468 e. The number of carbonyl (C=O) groups is 1. The summed E-state index contributed by atoms with van der Waals surface area (Å²) in [7, 11) is 0. The van der Waals surface area contributed by atoms with Crippen LogP contribution in [-0.4, -0.2) is 39.2 Å². The van der Waals surface area contributed by atoms with Crippen LogP contribution in [0.5, 0.6) is 5.88 Å². The average molecular weight is 347 g/mol. The van der Waals surface area contributed by atoms with Gasteiger partial charge in [0.25, 0.3) is 5.88 Å². The highest BCUT2D eigenvalue weighted by molar-refractivity contribution is 5.80. The second-order valence-corrected chi connectivity index (χ2v) is 6.67. The number of amides is 1. The number of carbonyl (C=O) groups excluding carboxylic acids is 1. The third-order valence-corrected chi connectivity index (χ3v) is 4.85. The molecule has 7 heteroatoms. The fourth-order valence-electron chi connectivity index (χ4n) is 3.42. The molecular formula is C18H19F2N3O2. The molecule has 1 aliphatic carbocycles. The smallest absolute Gasteiger partial charge is 0.250 e. The van der Waals surface area contributed by atoms with E-state index in [1.165, 1.54) is 18.3 Å². The minimum Gasteiger partial charge on any atom is -0.468 e. The maximum absolute atomic E-state index is 13.9. The number of hydrogen-bond donors (Lipinski definition) is 0. The van der Waals surface area contributed by atoms with Crippen molar-refractivity contribution >= 4 is 5.91 Å². The molecule has 132 valence electrons. The number of ether oxygens (including phenoxy) is 1. The van der Waals surface area contributed by atoms with Gasteiger partial charge < -0.3 is 14.2 Å². The van der Waals surface area contributed by atoms with Crippen molar-refractivity contribution in [2.45, 2.75) is 38.2 Å². The van der Waals surface area contributed by atoms with E-state index in [0.29, 0.717) is 19.6 Å². The summed E-state index contributed by atoms with van der Waals surface area (Å²) in [5, 5.41) is 0. The Hall–Kier alpha value is -2.44. The Bertz CT molecular complexity index is 773. The van der Waals surface area contributed by atoms with Gasteiger partial charge >= 0.3 is 0 Å². The number of halogens is 2. The van der Waals surface area contributed by atoms with E-state index in [1.807, 2.05) is 22.9 Å². The molecule has 5 nitrogen and oxygen atoms in total. The first kappa shape index (κ1) is 16.1. The monoisotopic (exact) mass is 347 g/mol. The minimum atomic E-state index is -0.876. The lowest BCUT2D eigenvalue weighted by molar-refractivity contribution is -0.142. The fraction of sp³-hybridized carbons (Fsp3) is 0.444. The Morgan fingerprint density at radius 1 is 1.24 bits per heavy atom. The van der Waals surface area contributed by atoms with E-state index in [9.17, 15) is 13.6 Å². The maximum Gasteiger partial charge on any atom is 0.250 e. The Kier molecular flexibility index (Phi) is 4.15. The first-order valence-corrected chi connectivity index (χ1v) is 8.44. The molecule has 0 bridgehead atoms. The molecule has 0 spiro atoms. The fourth-order valence-corrected chi connectivity index (χ4v) is 3.42. The molecular weight excluding hydrogens is 328 g/mol. The predicted octanol–water partition coefficient (Wildman–Crippen LogP) is 2.56. The SMILES string of the molecule is O=C(C1CC(F)C1)N1Cc2cccn2CC(Oc2ncccc2F)C1. The standard InChI is InChI=1S/C18H19F2N3O2/c19-13-7-12(8-13)18(24)23-9-14-3-2-6-22(14)10-15(11-23)25-17-16(20)4-1-5-21-17/h1-6,12-13,15H,7-11H2. The van der Waals surface area contributed by atoms with Crippen LogP contribution in [0.15, 0.2) is 36.7 Å². The molecule has 0 N–H and O–H groups in total. The molecule has 1 unspecified atom stereocenters. The van der Waals surface area contributed by atoms with Crippen LogP contribution < -0.4 is 4.74 Å². The van der Waals surface area contributed by atoms with Crippen molar-refractivity contribution in [2.75, 3.05) is 6.54 Å². The number of rotatable bonds is 3. The summed E-state index contributed by atoms with van der Waals surface area (Å²) in [6.45, 7) is 1.27. The first-order chi connectivity index (χ1) is 12.1. The predicted molar refractivity (Wildman–Crippen MR) is 86.1 cm³/mol. The Morgan fingerprint density at radius 2 is 2.08 bits per heavy atom. The van der Waals surface area contributed by atoms with E-state index in [2.05, 4.69) is 4.98 Å². The number of aromatic nitrogens is 2. The van der Waals surface area contributed by atoms with Crippen LogP contribution in [0.4, 0.5) is 8.78 Å². The van der Waals surface area contributed by atoms with Gasteiger partial charge in [-0.3, -0.25) is 4.79 Å². The van der Waals surface area contributed by atoms with Crippen molar-refractivity contribution in [3.05, 3.63) is 48.2 Å². The third kappa shape index (κ3) is 3.23. The van der Waals surface area contributed by atoms with Gasteiger partial charge in [-0.2, -0.15) is 0 Å². The van der Waals surface area contributed by atoms with E-state index in [-0.39, 0.29) is 30.5 Å². The van der Waals surface area contributed by atoms with Crippen molar-refractivity contribution in [1.29, 1.82) is 0 Å². The van der Waals surface area contributed by atoms with Gasteiger partial charge in [0, 0.05) is 24.0 Å².